The van der Waals surface area contributed by atoms with E-state index in [0.717, 1.165) is 24.3 Å². The fraction of sp³-hybridized carbons (Fsp3) is 0.143. The Kier molecular flexibility index (Phi) is 6.95. The molecule has 0 atom stereocenters. The van der Waals surface area contributed by atoms with Crippen LogP contribution in [0.1, 0.15) is 22.5 Å². The zero-order valence-corrected chi connectivity index (χ0v) is 17.7. The van der Waals surface area contributed by atoms with Crippen LogP contribution < -0.4 is 4.72 Å². The molecule has 1 aromatic heterocycles. The molecule has 2 aromatic carbocycles. The van der Waals surface area contributed by atoms with Crippen LogP contribution in [-0.2, 0) is 16.6 Å². The van der Waals surface area contributed by atoms with Gasteiger partial charge in [-0.2, -0.15) is 5.26 Å². The van der Waals surface area contributed by atoms with Gasteiger partial charge in [0.2, 0.25) is 0 Å². The zero-order valence-electron chi connectivity index (χ0n) is 16.1. The van der Waals surface area contributed by atoms with Gasteiger partial charge in [-0.15, -0.1) is 0 Å². The lowest BCUT2D eigenvalue weighted by atomic mass is 10.1. The van der Waals surface area contributed by atoms with Gasteiger partial charge in [0.15, 0.2) is 0 Å². The number of nitrogens with zero attached hydrogens (tertiary/aromatic N) is 2. The molecule has 0 bridgehead atoms. The van der Waals surface area contributed by atoms with Crippen molar-refractivity contribution in [3.63, 3.8) is 0 Å². The van der Waals surface area contributed by atoms with Crippen molar-refractivity contribution >= 4 is 33.2 Å². The molecule has 0 saturated carbocycles. The second-order valence-electron chi connectivity index (χ2n) is 6.47. The van der Waals surface area contributed by atoms with E-state index in [1.54, 1.807) is 12.1 Å². The number of rotatable bonds is 8. The van der Waals surface area contributed by atoms with Crippen molar-refractivity contribution in [3.8, 4) is 6.07 Å². The molecule has 0 fully saturated rings. The lowest BCUT2D eigenvalue weighted by Crippen LogP contribution is -2.31. The summed E-state index contributed by atoms with van der Waals surface area (Å²) in [6, 6.07) is 13.8. The van der Waals surface area contributed by atoms with Crippen molar-refractivity contribution in [2.24, 2.45) is 0 Å². The highest BCUT2D eigenvalue weighted by Crippen LogP contribution is 2.27. The number of amides is 1. The van der Waals surface area contributed by atoms with E-state index in [-0.39, 0.29) is 40.7 Å². The number of nitriles is 1. The van der Waals surface area contributed by atoms with E-state index in [0.29, 0.717) is 5.76 Å². The summed E-state index contributed by atoms with van der Waals surface area (Å²) in [5.41, 5.74) is 0.167. The van der Waals surface area contributed by atoms with Crippen molar-refractivity contribution in [2.75, 3.05) is 11.3 Å². The molecule has 0 unspecified atom stereocenters. The third-order valence-corrected chi connectivity index (χ3v) is 6.00. The summed E-state index contributed by atoms with van der Waals surface area (Å²) < 4.78 is 45.9. The molecule has 10 heteroatoms. The van der Waals surface area contributed by atoms with Gasteiger partial charge in [-0.25, -0.2) is 12.8 Å². The van der Waals surface area contributed by atoms with Gasteiger partial charge < -0.3 is 9.32 Å². The van der Waals surface area contributed by atoms with Crippen molar-refractivity contribution in [2.45, 2.75) is 17.9 Å². The highest BCUT2D eigenvalue weighted by molar-refractivity contribution is 7.92. The molecule has 1 N–H and O–H groups in total. The summed E-state index contributed by atoms with van der Waals surface area (Å²) >= 11 is 6.13. The molecular formula is C21H17ClFN3O4S. The average Bonchev–Trinajstić information content (AvgIpc) is 3.25. The largest absolute Gasteiger partial charge is 0.467 e. The van der Waals surface area contributed by atoms with Crippen LogP contribution in [0.2, 0.25) is 5.02 Å². The summed E-state index contributed by atoms with van der Waals surface area (Å²) in [5, 5.41) is 8.98. The predicted molar refractivity (Wildman–Crippen MR) is 112 cm³/mol. The topological polar surface area (TPSA) is 103 Å². The molecule has 0 aliphatic heterocycles. The van der Waals surface area contributed by atoms with Crippen LogP contribution in [0, 0.1) is 17.1 Å². The van der Waals surface area contributed by atoms with E-state index >= 15 is 0 Å². The molecule has 3 rings (SSSR count). The van der Waals surface area contributed by atoms with Gasteiger partial charge in [0.25, 0.3) is 15.9 Å². The van der Waals surface area contributed by atoms with Crippen molar-refractivity contribution in [1.29, 1.82) is 5.26 Å². The SMILES string of the molecule is N#CCCN(Cc1ccco1)C(=O)c1ccc(Cl)c(NS(=O)(=O)c2ccc(F)cc2)c1. The molecule has 0 saturated heterocycles. The monoisotopic (exact) mass is 461 g/mol. The van der Waals surface area contributed by atoms with Crippen molar-refractivity contribution < 1.29 is 22.0 Å². The fourth-order valence-electron chi connectivity index (χ4n) is 2.76. The molecule has 160 valence electrons. The number of sulfonamides is 1. The van der Waals surface area contributed by atoms with Gasteiger partial charge in [-0.3, -0.25) is 9.52 Å². The van der Waals surface area contributed by atoms with Gasteiger partial charge in [0.1, 0.15) is 11.6 Å². The standard InChI is InChI=1S/C21H17ClFN3O4S/c22-19-9-4-15(21(27)26(11-2-10-24)14-17-3-1-12-30-17)13-20(19)25-31(28,29)18-7-5-16(23)6-8-18/h1,3-9,12-13,25H,2,11,14H2. The molecule has 1 amide bonds. The third-order valence-electron chi connectivity index (χ3n) is 4.29. The van der Waals surface area contributed by atoms with E-state index in [1.807, 2.05) is 6.07 Å². The van der Waals surface area contributed by atoms with Crippen molar-refractivity contribution in [3.05, 3.63) is 83.0 Å². The second-order valence-corrected chi connectivity index (χ2v) is 8.56. The quantitative estimate of drug-likeness (QED) is 0.534. The first-order valence-corrected chi connectivity index (χ1v) is 10.9. The number of halogens is 2. The Morgan fingerprint density at radius 2 is 1.94 bits per heavy atom. The molecule has 1 heterocycles. The van der Waals surface area contributed by atoms with Crippen LogP contribution in [0.3, 0.4) is 0 Å². The van der Waals surface area contributed by atoms with E-state index in [1.165, 1.54) is 29.4 Å². The molecule has 7 nitrogen and oxygen atoms in total. The van der Waals surface area contributed by atoms with Crippen LogP contribution in [0.25, 0.3) is 0 Å². The fourth-order valence-corrected chi connectivity index (χ4v) is 4.06. The first kappa shape index (κ1) is 22.3. The maximum atomic E-state index is 13.1. The molecule has 0 aliphatic carbocycles. The minimum atomic E-state index is -4.05. The van der Waals surface area contributed by atoms with E-state index in [4.69, 9.17) is 21.3 Å². The first-order chi connectivity index (χ1) is 14.8. The summed E-state index contributed by atoms with van der Waals surface area (Å²) in [7, 11) is -4.05. The zero-order chi connectivity index (χ0) is 22.4. The lowest BCUT2D eigenvalue weighted by molar-refractivity contribution is 0.0735. The minimum absolute atomic E-state index is 0.00456. The number of hydrogen-bond acceptors (Lipinski definition) is 5. The normalized spacial score (nSPS) is 11.0. The molecule has 0 spiro atoms. The maximum Gasteiger partial charge on any atom is 0.261 e. The van der Waals surface area contributed by atoms with Crippen molar-refractivity contribution in [1.82, 2.24) is 4.90 Å². The van der Waals surface area contributed by atoms with E-state index in [9.17, 15) is 17.6 Å². The van der Waals surface area contributed by atoms with Gasteiger partial charge in [0.05, 0.1) is 40.9 Å². The first-order valence-electron chi connectivity index (χ1n) is 9.07. The van der Waals surface area contributed by atoms with Crippen LogP contribution in [0.5, 0.6) is 0 Å². The van der Waals surface area contributed by atoms with Crippen LogP contribution in [0.4, 0.5) is 10.1 Å². The molecule has 0 radical (unpaired) electrons. The van der Waals surface area contributed by atoms with Gasteiger partial charge >= 0.3 is 0 Å². The Morgan fingerprint density at radius 3 is 2.58 bits per heavy atom. The third kappa shape index (κ3) is 5.63. The maximum absolute atomic E-state index is 13.1. The number of hydrogen-bond donors (Lipinski definition) is 1. The average molecular weight is 462 g/mol. The molecule has 0 aliphatic rings. The molecule has 3 aromatic rings. The van der Waals surface area contributed by atoms with Crippen LogP contribution in [-0.4, -0.2) is 25.8 Å². The number of nitrogens with one attached hydrogen (secondary N) is 1. The van der Waals surface area contributed by atoms with E-state index in [2.05, 4.69) is 4.72 Å². The Balaban J connectivity index is 1.87. The number of benzene rings is 2. The second kappa shape index (κ2) is 9.64. The Morgan fingerprint density at radius 1 is 1.19 bits per heavy atom. The number of carbonyl (C=O) groups is 1. The summed E-state index contributed by atoms with van der Waals surface area (Å²) in [5.74, 6) is -0.457. The highest BCUT2D eigenvalue weighted by atomic mass is 35.5. The van der Waals surface area contributed by atoms with Crippen LogP contribution >= 0.6 is 11.6 Å². The number of carbonyl (C=O) groups excluding carboxylic acids is 1. The van der Waals surface area contributed by atoms with Gasteiger partial charge in [-0.05, 0) is 54.6 Å². The summed E-state index contributed by atoms with van der Waals surface area (Å²) in [6.07, 6.45) is 1.59. The highest BCUT2D eigenvalue weighted by Gasteiger charge is 2.21. The lowest BCUT2D eigenvalue weighted by Gasteiger charge is -2.21. The molecule has 31 heavy (non-hydrogen) atoms. The van der Waals surface area contributed by atoms with Gasteiger partial charge in [0, 0.05) is 12.1 Å². The van der Waals surface area contributed by atoms with E-state index < -0.39 is 21.7 Å². The predicted octanol–water partition coefficient (Wildman–Crippen LogP) is 4.43. The smallest absolute Gasteiger partial charge is 0.261 e. The molecular weight excluding hydrogens is 445 g/mol. The minimum Gasteiger partial charge on any atom is -0.467 e. The van der Waals surface area contributed by atoms with Gasteiger partial charge in [-0.1, -0.05) is 11.6 Å². The van der Waals surface area contributed by atoms with Crippen LogP contribution in [0.15, 0.2) is 70.2 Å². The number of anilines is 1. The number of furan rings is 1. The summed E-state index contributed by atoms with van der Waals surface area (Å²) in [6.45, 7) is 0.308. The summed E-state index contributed by atoms with van der Waals surface area (Å²) in [4.78, 5) is 14.3. The Labute approximate surface area is 183 Å². The Bertz CT molecular complexity index is 1210. The Hall–Kier alpha value is -3.35.